The highest BCUT2D eigenvalue weighted by Gasteiger charge is 2.33. The molecule has 130 valence electrons. The Balaban J connectivity index is 1.75. The van der Waals surface area contributed by atoms with Gasteiger partial charge >= 0.3 is 5.97 Å². The summed E-state index contributed by atoms with van der Waals surface area (Å²) >= 11 is 0. The Bertz CT molecular complexity index is 726. The first-order valence-electron chi connectivity index (χ1n) is 8.49. The summed E-state index contributed by atoms with van der Waals surface area (Å²) in [6, 6.07) is 14.8. The molecule has 1 amide bonds. The first-order valence-corrected chi connectivity index (χ1v) is 8.49. The van der Waals surface area contributed by atoms with Gasteiger partial charge in [0.05, 0.1) is 0 Å². The van der Waals surface area contributed by atoms with Crippen LogP contribution in [0.5, 0.6) is 11.5 Å². The maximum atomic E-state index is 12.7. The summed E-state index contributed by atoms with van der Waals surface area (Å²) in [5.74, 6) is -0.0556. The minimum absolute atomic E-state index is 0.274. The van der Waals surface area contributed by atoms with Crippen molar-refractivity contribution < 1.29 is 19.1 Å². The van der Waals surface area contributed by atoms with Crippen LogP contribution < -0.4 is 10.1 Å². The van der Waals surface area contributed by atoms with E-state index in [1.807, 2.05) is 55.5 Å². The van der Waals surface area contributed by atoms with Gasteiger partial charge in [0.15, 0.2) is 6.61 Å². The molecule has 0 aromatic heterocycles. The summed E-state index contributed by atoms with van der Waals surface area (Å²) in [6.45, 7) is 2.37. The average Bonchev–Trinajstić information content (AvgIpc) is 2.64. The van der Waals surface area contributed by atoms with Crippen LogP contribution >= 0.6 is 0 Å². The van der Waals surface area contributed by atoms with Gasteiger partial charge in [-0.15, -0.1) is 0 Å². The highest BCUT2D eigenvalue weighted by atomic mass is 16.5. The minimum atomic E-state index is -0.593. The van der Waals surface area contributed by atoms with Gasteiger partial charge < -0.3 is 14.8 Å². The van der Waals surface area contributed by atoms with Crippen LogP contribution in [0.4, 0.5) is 0 Å². The quantitative estimate of drug-likeness (QED) is 0.647. The topological polar surface area (TPSA) is 64.6 Å². The highest BCUT2D eigenvalue weighted by Crippen LogP contribution is 2.44. The van der Waals surface area contributed by atoms with E-state index in [0.29, 0.717) is 18.0 Å². The Hall–Kier alpha value is -2.82. The number of carbonyl (C=O) groups excluding carboxylic acids is 2. The van der Waals surface area contributed by atoms with Crippen molar-refractivity contribution in [2.24, 2.45) is 0 Å². The lowest BCUT2D eigenvalue weighted by atomic mass is 9.88. The molecular weight excluding hydrogens is 318 g/mol. The molecule has 0 saturated carbocycles. The molecule has 5 nitrogen and oxygen atoms in total. The number of hydrogen-bond acceptors (Lipinski definition) is 4. The van der Waals surface area contributed by atoms with Crippen molar-refractivity contribution >= 4 is 11.9 Å². The van der Waals surface area contributed by atoms with Crippen LogP contribution in [0.15, 0.2) is 48.5 Å². The van der Waals surface area contributed by atoms with Crippen molar-refractivity contribution in [3.63, 3.8) is 0 Å². The third kappa shape index (κ3) is 3.82. The van der Waals surface area contributed by atoms with E-state index in [0.717, 1.165) is 24.0 Å². The number of ether oxygens (including phenoxy) is 2. The van der Waals surface area contributed by atoms with Gasteiger partial charge in [-0.05, 0) is 18.6 Å². The summed E-state index contributed by atoms with van der Waals surface area (Å²) in [5, 5.41) is 2.74. The van der Waals surface area contributed by atoms with E-state index in [9.17, 15) is 9.59 Å². The predicted octanol–water partition coefficient (Wildman–Crippen LogP) is 3.38. The largest absolute Gasteiger partial charge is 0.457 e. The Kier molecular flexibility index (Phi) is 5.33. The van der Waals surface area contributed by atoms with Gasteiger partial charge in [-0.1, -0.05) is 49.7 Å². The fraction of sp³-hybridized carbons (Fsp3) is 0.300. The predicted molar refractivity (Wildman–Crippen MR) is 93.7 cm³/mol. The van der Waals surface area contributed by atoms with E-state index in [2.05, 4.69) is 5.32 Å². The summed E-state index contributed by atoms with van der Waals surface area (Å²) in [4.78, 5) is 24.5. The second-order valence-corrected chi connectivity index (χ2v) is 5.92. The number of amides is 1. The second kappa shape index (κ2) is 7.83. The molecule has 0 unspecified atom stereocenters. The monoisotopic (exact) mass is 339 g/mol. The first-order chi connectivity index (χ1) is 12.2. The molecular formula is C20H21NO4. The number of rotatable bonds is 6. The van der Waals surface area contributed by atoms with Crippen LogP contribution in [0.3, 0.4) is 0 Å². The van der Waals surface area contributed by atoms with Gasteiger partial charge in [-0.3, -0.25) is 9.59 Å². The van der Waals surface area contributed by atoms with Crippen LogP contribution in [0.2, 0.25) is 0 Å². The van der Waals surface area contributed by atoms with E-state index in [4.69, 9.17) is 9.47 Å². The third-order valence-electron chi connectivity index (χ3n) is 4.11. The van der Waals surface area contributed by atoms with Gasteiger partial charge in [0.1, 0.15) is 17.4 Å². The minimum Gasteiger partial charge on any atom is -0.457 e. The van der Waals surface area contributed by atoms with Gasteiger partial charge in [0.25, 0.3) is 5.91 Å². The molecule has 2 aromatic carbocycles. The molecule has 0 spiro atoms. The number of esters is 1. The standard InChI is InChI=1S/C20H21NO4/c1-2-3-12-21-18(22)13-24-20(23)19-14-8-4-6-10-16(14)25-17-11-7-5-9-15(17)19/h4-11,19H,2-3,12-13H2,1H3,(H,21,22). The zero-order chi connectivity index (χ0) is 17.6. The van der Waals surface area contributed by atoms with Gasteiger partial charge in [-0.2, -0.15) is 0 Å². The Morgan fingerprint density at radius 2 is 1.64 bits per heavy atom. The molecule has 0 fully saturated rings. The van der Waals surface area contributed by atoms with E-state index < -0.39 is 11.9 Å². The fourth-order valence-corrected chi connectivity index (χ4v) is 2.84. The van der Waals surface area contributed by atoms with Gasteiger partial charge in [0.2, 0.25) is 0 Å². The zero-order valence-corrected chi connectivity index (χ0v) is 14.2. The molecule has 1 heterocycles. The normalized spacial score (nSPS) is 12.5. The van der Waals surface area contributed by atoms with Crippen molar-refractivity contribution in [1.82, 2.24) is 5.32 Å². The molecule has 1 aliphatic rings. The average molecular weight is 339 g/mol. The number of benzene rings is 2. The second-order valence-electron chi connectivity index (χ2n) is 5.92. The van der Waals surface area contributed by atoms with Gasteiger partial charge in [0, 0.05) is 17.7 Å². The van der Waals surface area contributed by atoms with Crippen LogP contribution in [0, 0.1) is 0 Å². The summed E-state index contributed by atoms with van der Waals surface area (Å²) in [5.41, 5.74) is 1.50. The number of nitrogens with one attached hydrogen (secondary N) is 1. The molecule has 3 rings (SSSR count). The van der Waals surface area contributed by atoms with Crippen LogP contribution in [0.25, 0.3) is 0 Å². The molecule has 0 saturated heterocycles. The Morgan fingerprint density at radius 3 is 2.24 bits per heavy atom. The first kappa shape index (κ1) is 17.0. The number of para-hydroxylation sites is 2. The fourth-order valence-electron chi connectivity index (χ4n) is 2.84. The Morgan fingerprint density at radius 1 is 1.04 bits per heavy atom. The maximum absolute atomic E-state index is 12.7. The van der Waals surface area contributed by atoms with E-state index in [1.54, 1.807) is 0 Å². The number of carbonyl (C=O) groups is 2. The van der Waals surface area contributed by atoms with Crippen molar-refractivity contribution in [3.05, 3.63) is 59.7 Å². The summed E-state index contributed by atoms with van der Waals surface area (Å²) in [6.07, 6.45) is 1.90. The summed E-state index contributed by atoms with van der Waals surface area (Å²) < 4.78 is 11.1. The number of fused-ring (bicyclic) bond motifs is 2. The van der Waals surface area contributed by atoms with Crippen LogP contribution in [-0.4, -0.2) is 25.0 Å². The van der Waals surface area contributed by atoms with E-state index in [-0.39, 0.29) is 12.5 Å². The molecule has 1 aliphatic heterocycles. The number of hydrogen-bond donors (Lipinski definition) is 1. The Labute approximate surface area is 147 Å². The third-order valence-corrected chi connectivity index (χ3v) is 4.11. The van der Waals surface area contributed by atoms with Crippen molar-refractivity contribution in [1.29, 1.82) is 0 Å². The smallest absolute Gasteiger partial charge is 0.318 e. The molecule has 0 radical (unpaired) electrons. The van der Waals surface area contributed by atoms with Crippen molar-refractivity contribution in [3.8, 4) is 11.5 Å². The van der Waals surface area contributed by atoms with E-state index in [1.165, 1.54) is 0 Å². The molecule has 0 atom stereocenters. The van der Waals surface area contributed by atoms with Crippen LogP contribution in [-0.2, 0) is 14.3 Å². The molecule has 25 heavy (non-hydrogen) atoms. The zero-order valence-electron chi connectivity index (χ0n) is 14.2. The number of unbranched alkanes of at least 4 members (excludes halogenated alkanes) is 1. The van der Waals surface area contributed by atoms with Crippen LogP contribution in [0.1, 0.15) is 36.8 Å². The highest BCUT2D eigenvalue weighted by molar-refractivity contribution is 5.87. The van der Waals surface area contributed by atoms with E-state index >= 15 is 0 Å². The molecule has 0 aliphatic carbocycles. The summed E-state index contributed by atoms with van der Waals surface area (Å²) in [7, 11) is 0. The lowest BCUT2D eigenvalue weighted by Crippen LogP contribution is -2.31. The maximum Gasteiger partial charge on any atom is 0.318 e. The lowest BCUT2D eigenvalue weighted by Gasteiger charge is -2.26. The SMILES string of the molecule is CCCCNC(=O)COC(=O)C1c2ccccc2Oc2ccccc21. The van der Waals surface area contributed by atoms with Crippen molar-refractivity contribution in [2.75, 3.05) is 13.2 Å². The molecule has 1 N–H and O–H groups in total. The van der Waals surface area contributed by atoms with Gasteiger partial charge in [-0.25, -0.2) is 0 Å². The molecule has 5 heteroatoms. The van der Waals surface area contributed by atoms with Crippen molar-refractivity contribution in [2.45, 2.75) is 25.7 Å². The molecule has 0 bridgehead atoms. The molecule has 2 aromatic rings. The lowest BCUT2D eigenvalue weighted by molar-refractivity contribution is -0.149.